The Kier molecular flexibility index (Phi) is 6.04. The van der Waals surface area contributed by atoms with Crippen LogP contribution in [0.3, 0.4) is 0 Å². The van der Waals surface area contributed by atoms with Gasteiger partial charge in [0.05, 0.1) is 28.7 Å². The van der Waals surface area contributed by atoms with Crippen molar-refractivity contribution >= 4 is 32.6 Å². The van der Waals surface area contributed by atoms with Gasteiger partial charge in [0, 0.05) is 12.2 Å². The lowest BCUT2D eigenvalue weighted by Gasteiger charge is -2.15. The summed E-state index contributed by atoms with van der Waals surface area (Å²) >= 11 is 0. The molecule has 0 bridgehead atoms. The molecule has 0 fully saturated rings. The summed E-state index contributed by atoms with van der Waals surface area (Å²) in [4.78, 5) is 9.52. The first-order valence-corrected chi connectivity index (χ1v) is 11.4. The van der Waals surface area contributed by atoms with Crippen LogP contribution in [0.15, 0.2) is 71.6 Å². The van der Waals surface area contributed by atoms with E-state index < -0.39 is 10.0 Å². The van der Waals surface area contributed by atoms with Crippen molar-refractivity contribution in [2.75, 3.05) is 19.0 Å². The zero-order chi connectivity index (χ0) is 22.7. The van der Waals surface area contributed by atoms with Crippen molar-refractivity contribution in [2.24, 2.45) is 5.14 Å². The first-order valence-electron chi connectivity index (χ1n) is 9.84. The van der Waals surface area contributed by atoms with Crippen LogP contribution in [0.2, 0.25) is 0 Å². The molecule has 4 rings (SSSR count). The molecule has 32 heavy (non-hydrogen) atoms. The van der Waals surface area contributed by atoms with Crippen molar-refractivity contribution in [1.29, 1.82) is 0 Å². The molecule has 0 saturated carbocycles. The molecular formula is C23H22N4O4S. The van der Waals surface area contributed by atoms with Crippen molar-refractivity contribution in [3.63, 3.8) is 0 Å². The smallest absolute Gasteiger partial charge is 0.238 e. The minimum absolute atomic E-state index is 0.0191. The molecule has 0 amide bonds. The van der Waals surface area contributed by atoms with Gasteiger partial charge in [0.1, 0.15) is 11.4 Å². The predicted octanol–water partition coefficient (Wildman–Crippen LogP) is 3.23. The first-order chi connectivity index (χ1) is 15.4. The number of aromatic nitrogens is 2. The molecule has 164 valence electrons. The normalized spacial score (nSPS) is 11.5. The molecule has 0 aliphatic heterocycles. The van der Waals surface area contributed by atoms with Gasteiger partial charge in [-0.05, 0) is 48.4 Å². The molecule has 0 atom stereocenters. The van der Waals surface area contributed by atoms with Gasteiger partial charge in [0.15, 0.2) is 5.82 Å². The number of nitrogens with zero attached hydrogens (tertiary/aromatic N) is 2. The third-order valence-corrected chi connectivity index (χ3v) is 5.88. The molecule has 4 N–H and O–H groups in total. The van der Waals surface area contributed by atoms with Crippen LogP contribution in [0.1, 0.15) is 5.56 Å². The van der Waals surface area contributed by atoms with Crippen LogP contribution in [-0.4, -0.2) is 37.2 Å². The van der Waals surface area contributed by atoms with E-state index in [4.69, 9.17) is 19.8 Å². The molecule has 0 unspecified atom stereocenters. The van der Waals surface area contributed by atoms with Crippen molar-refractivity contribution < 1.29 is 18.3 Å². The summed E-state index contributed by atoms with van der Waals surface area (Å²) in [5.41, 5.74) is 4.25. The second-order valence-electron chi connectivity index (χ2n) is 7.11. The van der Waals surface area contributed by atoms with E-state index in [1.54, 1.807) is 19.2 Å². The van der Waals surface area contributed by atoms with Gasteiger partial charge in [-0.15, -0.1) is 0 Å². The van der Waals surface area contributed by atoms with E-state index in [-0.39, 0.29) is 11.5 Å². The van der Waals surface area contributed by atoms with Crippen LogP contribution in [0.5, 0.6) is 5.75 Å². The number of fused-ring (bicyclic) bond motifs is 1. The maximum atomic E-state index is 11.6. The number of rotatable bonds is 7. The molecule has 4 aromatic rings. The summed E-state index contributed by atoms with van der Waals surface area (Å²) in [7, 11) is -2.23. The number of primary sulfonamides is 1. The van der Waals surface area contributed by atoms with Crippen LogP contribution in [0.25, 0.3) is 22.3 Å². The summed E-state index contributed by atoms with van der Waals surface area (Å²) in [6.07, 6.45) is 0.522. The monoisotopic (exact) mass is 450 g/mol. The van der Waals surface area contributed by atoms with Gasteiger partial charge in [-0.2, -0.15) is 0 Å². The Labute approximate surface area is 185 Å². The lowest BCUT2D eigenvalue weighted by molar-refractivity contribution is 0.299. The number of hydrogen-bond donors (Lipinski definition) is 3. The molecule has 8 nitrogen and oxygen atoms in total. The number of ether oxygens (including phenoxy) is 1. The predicted molar refractivity (Wildman–Crippen MR) is 123 cm³/mol. The third-order valence-electron chi connectivity index (χ3n) is 4.95. The summed E-state index contributed by atoms with van der Waals surface area (Å²) in [6, 6.07) is 19.3. The number of aliphatic hydroxyl groups is 1. The lowest BCUT2D eigenvalue weighted by atomic mass is 10.1. The number of methoxy groups -OCH3 is 1. The Morgan fingerprint density at radius 1 is 1.00 bits per heavy atom. The number of sulfonamides is 1. The Balaban J connectivity index is 1.82. The maximum absolute atomic E-state index is 11.6. The highest BCUT2D eigenvalue weighted by Gasteiger charge is 2.15. The van der Waals surface area contributed by atoms with Crippen LogP contribution in [0, 0.1) is 0 Å². The Bertz CT molecular complexity index is 1370. The van der Waals surface area contributed by atoms with Gasteiger partial charge < -0.3 is 15.2 Å². The highest BCUT2D eigenvalue weighted by atomic mass is 32.2. The van der Waals surface area contributed by atoms with E-state index in [0.29, 0.717) is 46.0 Å². The molecule has 1 heterocycles. The van der Waals surface area contributed by atoms with E-state index in [2.05, 4.69) is 5.32 Å². The van der Waals surface area contributed by atoms with Crippen LogP contribution in [-0.2, 0) is 16.4 Å². The van der Waals surface area contributed by atoms with Crippen molar-refractivity contribution in [1.82, 2.24) is 9.97 Å². The number of nitrogens with two attached hydrogens (primary N) is 1. The van der Waals surface area contributed by atoms with Crippen LogP contribution < -0.4 is 15.2 Å². The maximum Gasteiger partial charge on any atom is 0.238 e. The topological polar surface area (TPSA) is 127 Å². The highest BCUT2D eigenvalue weighted by molar-refractivity contribution is 7.89. The number of aliphatic hydroxyl groups excluding tert-OH is 1. The van der Waals surface area contributed by atoms with E-state index in [1.165, 1.54) is 12.1 Å². The van der Waals surface area contributed by atoms with Gasteiger partial charge >= 0.3 is 0 Å². The first kappa shape index (κ1) is 21.7. The molecule has 3 aromatic carbocycles. The molecule has 1 aromatic heterocycles. The summed E-state index contributed by atoms with van der Waals surface area (Å²) in [5, 5.41) is 17.7. The van der Waals surface area contributed by atoms with Crippen molar-refractivity contribution in [3.05, 3.63) is 72.3 Å². The number of para-hydroxylation sites is 2. The summed E-state index contributed by atoms with van der Waals surface area (Å²) < 4.78 is 28.8. The van der Waals surface area contributed by atoms with Gasteiger partial charge in [0.25, 0.3) is 0 Å². The van der Waals surface area contributed by atoms with E-state index in [0.717, 1.165) is 5.56 Å². The van der Waals surface area contributed by atoms with Gasteiger partial charge in [-0.25, -0.2) is 23.5 Å². The fourth-order valence-corrected chi connectivity index (χ4v) is 3.86. The second-order valence-corrected chi connectivity index (χ2v) is 8.67. The van der Waals surface area contributed by atoms with E-state index in [1.807, 2.05) is 42.5 Å². The zero-order valence-corrected chi connectivity index (χ0v) is 18.1. The Morgan fingerprint density at radius 2 is 1.69 bits per heavy atom. The average Bonchev–Trinajstić information content (AvgIpc) is 2.79. The minimum atomic E-state index is -3.80. The minimum Gasteiger partial charge on any atom is -0.495 e. The molecule has 9 heteroatoms. The summed E-state index contributed by atoms with van der Waals surface area (Å²) in [6.45, 7) is 0.0464. The van der Waals surface area contributed by atoms with Gasteiger partial charge in [-0.1, -0.05) is 30.3 Å². The van der Waals surface area contributed by atoms with E-state index >= 15 is 0 Å². The van der Waals surface area contributed by atoms with Crippen LogP contribution in [0.4, 0.5) is 11.5 Å². The highest BCUT2D eigenvalue weighted by Crippen LogP contribution is 2.34. The molecule has 0 saturated heterocycles. The quantitative estimate of drug-likeness (QED) is 0.394. The van der Waals surface area contributed by atoms with E-state index in [9.17, 15) is 13.5 Å². The number of hydrogen-bond acceptors (Lipinski definition) is 7. The number of nitrogens with one attached hydrogen (secondary N) is 1. The van der Waals surface area contributed by atoms with Crippen LogP contribution >= 0.6 is 0 Å². The molecular weight excluding hydrogens is 428 g/mol. The SMILES string of the molecule is COc1cc(CCO)ccc1Nc1nc2ccccc2nc1-c1ccc(S(N)(=O)=O)cc1. The Hall–Kier alpha value is -3.53. The second kappa shape index (κ2) is 8.91. The molecule has 0 aliphatic carbocycles. The number of benzene rings is 3. The number of anilines is 2. The standard InChI is InChI=1S/C23H22N4O4S/c1-31-21-14-15(12-13-28)6-11-20(21)27-23-22(25-18-4-2-3-5-19(18)26-23)16-7-9-17(10-8-16)32(24,29)30/h2-11,14,28H,12-13H2,1H3,(H,26,27)(H2,24,29,30). The van der Waals surface area contributed by atoms with Gasteiger partial charge in [-0.3, -0.25) is 0 Å². The molecule has 0 radical (unpaired) electrons. The Morgan fingerprint density at radius 3 is 2.31 bits per heavy atom. The molecule has 0 spiro atoms. The fraction of sp³-hybridized carbons (Fsp3) is 0.130. The van der Waals surface area contributed by atoms with Crippen molar-refractivity contribution in [3.8, 4) is 17.0 Å². The zero-order valence-electron chi connectivity index (χ0n) is 17.3. The summed E-state index contributed by atoms with van der Waals surface area (Å²) in [5.74, 6) is 1.08. The lowest BCUT2D eigenvalue weighted by Crippen LogP contribution is -2.11. The molecule has 0 aliphatic rings. The average molecular weight is 451 g/mol. The largest absolute Gasteiger partial charge is 0.495 e. The van der Waals surface area contributed by atoms with Gasteiger partial charge in [0.2, 0.25) is 10.0 Å². The third kappa shape index (κ3) is 4.54. The van der Waals surface area contributed by atoms with Crippen molar-refractivity contribution in [2.45, 2.75) is 11.3 Å². The fourth-order valence-electron chi connectivity index (χ4n) is 3.34.